The lowest BCUT2D eigenvalue weighted by Gasteiger charge is -2.32. The molecule has 3 aromatic rings. The fourth-order valence-electron chi connectivity index (χ4n) is 3.52. The fourth-order valence-corrected chi connectivity index (χ4v) is 3.52. The summed E-state index contributed by atoms with van der Waals surface area (Å²) in [7, 11) is 0. The van der Waals surface area contributed by atoms with Gasteiger partial charge in [0.1, 0.15) is 11.5 Å². The van der Waals surface area contributed by atoms with Crippen LogP contribution < -0.4 is 5.56 Å². The zero-order valence-electron chi connectivity index (χ0n) is 14.8. The normalized spacial score (nSPS) is 17.7. The second kappa shape index (κ2) is 7.75. The summed E-state index contributed by atoms with van der Waals surface area (Å²) in [5.74, 6) is 0.401. The molecule has 0 bridgehead atoms. The molecule has 1 N–H and O–H groups in total. The standard InChI is InChI=1S/C20H20FN5O/c21-16-5-3-14(4-6-16)12-26-9-1-2-15(13-26)17-10-19(27)25-20(24-17)18-11-22-7-8-23-18/h3-8,10-11,15H,1-2,9,12-13H2,(H,24,25,27). The first-order valence-corrected chi connectivity index (χ1v) is 9.02. The summed E-state index contributed by atoms with van der Waals surface area (Å²) in [6.45, 7) is 2.55. The van der Waals surface area contributed by atoms with E-state index in [1.54, 1.807) is 24.7 Å². The van der Waals surface area contributed by atoms with Gasteiger partial charge < -0.3 is 4.98 Å². The molecule has 138 valence electrons. The number of aromatic amines is 1. The number of likely N-dealkylation sites (tertiary alicyclic amines) is 1. The van der Waals surface area contributed by atoms with Crippen molar-refractivity contribution in [2.75, 3.05) is 13.1 Å². The molecule has 1 aromatic carbocycles. The molecule has 7 heteroatoms. The molecular weight excluding hydrogens is 345 g/mol. The summed E-state index contributed by atoms with van der Waals surface area (Å²) in [5, 5.41) is 0. The molecule has 1 saturated heterocycles. The van der Waals surface area contributed by atoms with Gasteiger partial charge in [-0.25, -0.2) is 14.4 Å². The molecule has 0 saturated carbocycles. The smallest absolute Gasteiger partial charge is 0.251 e. The Morgan fingerprint density at radius 1 is 1.22 bits per heavy atom. The Balaban J connectivity index is 1.53. The monoisotopic (exact) mass is 365 g/mol. The number of hydrogen-bond donors (Lipinski definition) is 1. The second-order valence-corrected chi connectivity index (χ2v) is 6.81. The molecule has 0 amide bonds. The molecule has 1 unspecified atom stereocenters. The van der Waals surface area contributed by atoms with Crippen LogP contribution in [-0.4, -0.2) is 37.9 Å². The van der Waals surface area contributed by atoms with Gasteiger partial charge in [-0.05, 0) is 37.1 Å². The summed E-state index contributed by atoms with van der Waals surface area (Å²) in [6, 6.07) is 8.18. The average Bonchev–Trinajstić information content (AvgIpc) is 2.70. The van der Waals surface area contributed by atoms with Gasteiger partial charge in [-0.3, -0.25) is 14.7 Å². The Bertz CT molecular complexity index is 958. The van der Waals surface area contributed by atoms with Gasteiger partial charge in [-0.2, -0.15) is 0 Å². The minimum absolute atomic E-state index is 0.178. The van der Waals surface area contributed by atoms with Crippen LogP contribution in [0.4, 0.5) is 4.39 Å². The third-order valence-electron chi connectivity index (χ3n) is 4.81. The lowest BCUT2D eigenvalue weighted by atomic mass is 9.94. The van der Waals surface area contributed by atoms with Gasteiger partial charge >= 0.3 is 0 Å². The van der Waals surface area contributed by atoms with Crippen LogP contribution in [0.3, 0.4) is 0 Å². The van der Waals surface area contributed by atoms with Crippen molar-refractivity contribution in [2.45, 2.75) is 25.3 Å². The minimum Gasteiger partial charge on any atom is -0.305 e. The number of H-pyrrole nitrogens is 1. The lowest BCUT2D eigenvalue weighted by Crippen LogP contribution is -2.34. The Morgan fingerprint density at radius 3 is 2.85 bits per heavy atom. The van der Waals surface area contributed by atoms with E-state index in [-0.39, 0.29) is 17.3 Å². The quantitative estimate of drug-likeness (QED) is 0.769. The zero-order chi connectivity index (χ0) is 18.6. The van der Waals surface area contributed by atoms with Crippen LogP contribution in [-0.2, 0) is 6.54 Å². The summed E-state index contributed by atoms with van der Waals surface area (Å²) in [5.41, 5.74) is 2.23. The predicted molar refractivity (Wildman–Crippen MR) is 99.5 cm³/mol. The largest absolute Gasteiger partial charge is 0.305 e. The molecule has 27 heavy (non-hydrogen) atoms. The molecule has 3 heterocycles. The Kier molecular flexibility index (Phi) is 5.02. The second-order valence-electron chi connectivity index (χ2n) is 6.81. The third-order valence-corrected chi connectivity index (χ3v) is 4.81. The first kappa shape index (κ1) is 17.5. The number of nitrogens with zero attached hydrogens (tertiary/aromatic N) is 4. The van der Waals surface area contributed by atoms with Crippen molar-refractivity contribution in [1.82, 2.24) is 24.8 Å². The van der Waals surface area contributed by atoms with Gasteiger partial charge in [0, 0.05) is 37.5 Å². The van der Waals surface area contributed by atoms with Crippen molar-refractivity contribution < 1.29 is 4.39 Å². The van der Waals surface area contributed by atoms with Crippen molar-refractivity contribution in [1.29, 1.82) is 0 Å². The predicted octanol–water partition coefficient (Wildman–Crippen LogP) is 2.75. The maximum absolute atomic E-state index is 13.1. The number of nitrogens with one attached hydrogen (secondary N) is 1. The average molecular weight is 365 g/mol. The maximum atomic E-state index is 13.1. The van der Waals surface area contributed by atoms with Gasteiger partial charge in [0.2, 0.25) is 0 Å². The summed E-state index contributed by atoms with van der Waals surface area (Å²) in [4.78, 5) is 30.1. The Labute approximate surface area is 156 Å². The molecule has 6 nitrogen and oxygen atoms in total. The molecule has 1 aliphatic heterocycles. The number of piperidine rings is 1. The van der Waals surface area contributed by atoms with Crippen LogP contribution in [0.1, 0.15) is 30.0 Å². The first-order chi connectivity index (χ1) is 13.2. The molecule has 2 aromatic heterocycles. The van der Waals surface area contributed by atoms with Gasteiger partial charge in [-0.15, -0.1) is 0 Å². The highest BCUT2D eigenvalue weighted by atomic mass is 19.1. The molecule has 0 aliphatic carbocycles. The van der Waals surface area contributed by atoms with Crippen molar-refractivity contribution >= 4 is 0 Å². The van der Waals surface area contributed by atoms with Gasteiger partial charge in [0.25, 0.3) is 5.56 Å². The topological polar surface area (TPSA) is 74.8 Å². The van der Waals surface area contributed by atoms with E-state index in [2.05, 4.69) is 24.8 Å². The molecular formula is C20H20FN5O. The molecule has 4 rings (SSSR count). The van der Waals surface area contributed by atoms with E-state index < -0.39 is 0 Å². The number of aromatic nitrogens is 4. The SMILES string of the molecule is O=c1cc(C2CCCN(Cc3ccc(F)cc3)C2)nc(-c2cnccn2)[nH]1. The van der Waals surface area contributed by atoms with Crippen molar-refractivity contribution in [3.63, 3.8) is 0 Å². The third kappa shape index (κ3) is 4.25. The molecule has 0 spiro atoms. The Hall–Kier alpha value is -2.93. The number of rotatable bonds is 4. The van der Waals surface area contributed by atoms with E-state index in [4.69, 9.17) is 0 Å². The highest BCUT2D eigenvalue weighted by Crippen LogP contribution is 2.26. The van der Waals surface area contributed by atoms with Crippen LogP contribution in [0.5, 0.6) is 0 Å². The number of benzene rings is 1. The molecule has 1 aliphatic rings. The Morgan fingerprint density at radius 2 is 2.07 bits per heavy atom. The van der Waals surface area contributed by atoms with Crippen LogP contribution in [0.25, 0.3) is 11.5 Å². The van der Waals surface area contributed by atoms with Crippen LogP contribution in [0.2, 0.25) is 0 Å². The lowest BCUT2D eigenvalue weighted by molar-refractivity contribution is 0.198. The summed E-state index contributed by atoms with van der Waals surface area (Å²) >= 11 is 0. The highest BCUT2D eigenvalue weighted by molar-refractivity contribution is 5.46. The van der Waals surface area contributed by atoms with Crippen LogP contribution in [0, 0.1) is 5.82 Å². The van der Waals surface area contributed by atoms with Gasteiger partial charge in [-0.1, -0.05) is 12.1 Å². The van der Waals surface area contributed by atoms with E-state index in [1.165, 1.54) is 12.1 Å². The van der Waals surface area contributed by atoms with Crippen molar-refractivity contribution in [3.8, 4) is 11.5 Å². The van der Waals surface area contributed by atoms with E-state index in [9.17, 15) is 9.18 Å². The molecule has 1 atom stereocenters. The van der Waals surface area contributed by atoms with Gasteiger partial charge in [0.05, 0.1) is 11.9 Å². The zero-order valence-corrected chi connectivity index (χ0v) is 14.8. The summed E-state index contributed by atoms with van der Waals surface area (Å²) < 4.78 is 13.1. The number of hydrogen-bond acceptors (Lipinski definition) is 5. The fraction of sp³-hybridized carbons (Fsp3) is 0.300. The maximum Gasteiger partial charge on any atom is 0.251 e. The first-order valence-electron chi connectivity index (χ1n) is 9.02. The minimum atomic E-state index is -0.223. The van der Waals surface area contributed by atoms with Crippen molar-refractivity contribution in [2.24, 2.45) is 0 Å². The number of halogens is 1. The molecule has 0 radical (unpaired) electrons. The van der Waals surface area contributed by atoms with E-state index in [1.807, 2.05) is 12.1 Å². The highest BCUT2D eigenvalue weighted by Gasteiger charge is 2.23. The summed E-state index contributed by atoms with van der Waals surface area (Å²) in [6.07, 6.45) is 6.76. The van der Waals surface area contributed by atoms with Gasteiger partial charge in [0.15, 0.2) is 5.82 Å². The van der Waals surface area contributed by atoms with E-state index in [0.29, 0.717) is 11.5 Å². The van der Waals surface area contributed by atoms with Crippen LogP contribution in [0.15, 0.2) is 53.7 Å². The van der Waals surface area contributed by atoms with E-state index in [0.717, 1.165) is 43.7 Å². The van der Waals surface area contributed by atoms with E-state index >= 15 is 0 Å². The van der Waals surface area contributed by atoms with Crippen LogP contribution >= 0.6 is 0 Å². The van der Waals surface area contributed by atoms with Crippen molar-refractivity contribution in [3.05, 3.63) is 76.4 Å². The molecule has 1 fully saturated rings.